The van der Waals surface area contributed by atoms with E-state index < -0.39 is 0 Å². The van der Waals surface area contributed by atoms with Crippen molar-refractivity contribution in [3.8, 4) is 0 Å². The van der Waals surface area contributed by atoms with Gasteiger partial charge in [-0.1, -0.05) is 58.3 Å². The predicted octanol–water partition coefficient (Wildman–Crippen LogP) is 4.70. The molecule has 0 fully saturated rings. The van der Waals surface area contributed by atoms with Gasteiger partial charge in [0.05, 0.1) is 12.2 Å². The number of carbonyl (C=O) groups is 2. The Bertz CT molecular complexity index is 589. The number of nitrogens with one attached hydrogen (secondary N) is 1. The number of aromatic nitrogens is 1. The molecule has 2 amide bonds. The molecule has 7 heteroatoms. The van der Waals surface area contributed by atoms with E-state index >= 15 is 0 Å². The number of amides is 2. The van der Waals surface area contributed by atoms with Crippen LogP contribution in [-0.2, 0) is 9.59 Å². The molecule has 1 N–H and O–H groups in total. The van der Waals surface area contributed by atoms with Crippen LogP contribution < -0.4 is 5.32 Å². The summed E-state index contributed by atoms with van der Waals surface area (Å²) in [6.07, 6.45) is 11.6. The van der Waals surface area contributed by atoms with Crippen LogP contribution in [0.25, 0.3) is 0 Å². The van der Waals surface area contributed by atoms with Crippen LogP contribution in [0, 0.1) is 6.92 Å². The Morgan fingerprint density at radius 1 is 1.00 bits per heavy atom. The van der Waals surface area contributed by atoms with Crippen LogP contribution in [0.15, 0.2) is 5.38 Å². The molecule has 0 saturated carbocycles. The summed E-state index contributed by atoms with van der Waals surface area (Å²) in [6.45, 7) is 5.52. The summed E-state index contributed by atoms with van der Waals surface area (Å²) >= 11 is 1.40. The Labute approximate surface area is 181 Å². The molecule has 0 aliphatic rings. The highest BCUT2D eigenvalue weighted by molar-refractivity contribution is 7.13. The van der Waals surface area contributed by atoms with Crippen LogP contribution in [0.3, 0.4) is 0 Å². The lowest BCUT2D eigenvalue weighted by atomic mass is 10.1. The van der Waals surface area contributed by atoms with Gasteiger partial charge < -0.3 is 15.1 Å². The van der Waals surface area contributed by atoms with Crippen LogP contribution in [-0.4, -0.2) is 60.3 Å². The third kappa shape index (κ3) is 12.6. The van der Waals surface area contributed by atoms with Gasteiger partial charge in [-0.05, 0) is 27.4 Å². The highest BCUT2D eigenvalue weighted by Crippen LogP contribution is 2.15. The van der Waals surface area contributed by atoms with E-state index in [1.807, 2.05) is 31.3 Å². The molecule has 0 atom stereocenters. The van der Waals surface area contributed by atoms with Gasteiger partial charge in [0.2, 0.25) is 11.8 Å². The van der Waals surface area contributed by atoms with E-state index in [1.165, 1.54) is 56.3 Å². The highest BCUT2D eigenvalue weighted by atomic mass is 32.1. The minimum atomic E-state index is -0.182. The predicted molar refractivity (Wildman–Crippen MR) is 122 cm³/mol. The minimum absolute atomic E-state index is 0.0697. The topological polar surface area (TPSA) is 65.5 Å². The zero-order valence-electron chi connectivity index (χ0n) is 18.8. The molecule has 0 spiro atoms. The summed E-state index contributed by atoms with van der Waals surface area (Å²) in [5, 5.41) is 5.29. The third-order valence-electron chi connectivity index (χ3n) is 4.86. The van der Waals surface area contributed by atoms with E-state index in [1.54, 1.807) is 4.90 Å². The van der Waals surface area contributed by atoms with Crippen molar-refractivity contribution in [2.75, 3.05) is 39.0 Å². The highest BCUT2D eigenvalue weighted by Gasteiger charge is 2.17. The maximum atomic E-state index is 12.7. The quantitative estimate of drug-likeness (QED) is 0.391. The van der Waals surface area contributed by atoms with Gasteiger partial charge in [-0.3, -0.25) is 9.59 Å². The van der Waals surface area contributed by atoms with Gasteiger partial charge in [0.1, 0.15) is 0 Å². The van der Waals surface area contributed by atoms with Crippen molar-refractivity contribution in [2.24, 2.45) is 0 Å². The summed E-state index contributed by atoms with van der Waals surface area (Å²) in [6, 6.07) is 0. The normalized spacial score (nSPS) is 11.1. The standard InChI is InChI=1S/C22H40N4O2S/c1-5-6-7-8-9-10-11-12-13-14-21(28)26(16-15-25(3)4)17-20(27)24-22-23-19(2)18-29-22/h18H,5-17H2,1-4H3,(H,23,24,27). The molecule has 0 unspecified atom stereocenters. The molecule has 0 saturated heterocycles. The largest absolute Gasteiger partial charge is 0.332 e. The summed E-state index contributed by atoms with van der Waals surface area (Å²) < 4.78 is 0. The second-order valence-corrected chi connectivity index (χ2v) is 8.90. The Morgan fingerprint density at radius 2 is 1.62 bits per heavy atom. The molecular formula is C22H40N4O2S. The van der Waals surface area contributed by atoms with Gasteiger partial charge >= 0.3 is 0 Å². The van der Waals surface area contributed by atoms with Gasteiger partial charge in [-0.15, -0.1) is 11.3 Å². The molecule has 0 bridgehead atoms. The second kappa shape index (κ2) is 15.4. The Balaban J connectivity index is 2.33. The molecule has 0 aliphatic heterocycles. The number of nitrogens with zero attached hydrogens (tertiary/aromatic N) is 3. The summed E-state index contributed by atoms with van der Waals surface area (Å²) in [5.41, 5.74) is 0.885. The molecule has 0 aromatic carbocycles. The smallest absolute Gasteiger partial charge is 0.245 e. The van der Waals surface area contributed by atoms with E-state index in [0.29, 0.717) is 18.1 Å². The molecule has 0 radical (unpaired) electrons. The van der Waals surface area contributed by atoms with Crippen LogP contribution >= 0.6 is 11.3 Å². The molecule has 166 valence electrons. The Kier molecular flexibility index (Phi) is 13.6. The molecule has 6 nitrogen and oxygen atoms in total. The molecule has 0 aliphatic carbocycles. The van der Waals surface area contributed by atoms with Gasteiger partial charge in [-0.25, -0.2) is 4.98 Å². The lowest BCUT2D eigenvalue weighted by Gasteiger charge is -2.24. The van der Waals surface area contributed by atoms with Crippen molar-refractivity contribution in [3.05, 3.63) is 11.1 Å². The van der Waals surface area contributed by atoms with Crippen molar-refractivity contribution in [3.63, 3.8) is 0 Å². The van der Waals surface area contributed by atoms with Crippen LogP contribution in [0.2, 0.25) is 0 Å². The number of unbranched alkanes of at least 4 members (excludes halogenated alkanes) is 8. The first kappa shape index (κ1) is 25.6. The summed E-state index contributed by atoms with van der Waals surface area (Å²) in [7, 11) is 3.95. The monoisotopic (exact) mass is 424 g/mol. The fourth-order valence-corrected chi connectivity index (χ4v) is 3.81. The van der Waals surface area contributed by atoms with Crippen molar-refractivity contribution >= 4 is 28.3 Å². The second-order valence-electron chi connectivity index (χ2n) is 8.04. The zero-order valence-corrected chi connectivity index (χ0v) is 19.7. The fourth-order valence-electron chi connectivity index (χ4n) is 3.10. The summed E-state index contributed by atoms with van der Waals surface area (Å²) in [4.78, 5) is 33.0. The number of aryl methyl sites for hydroxylation is 1. The van der Waals surface area contributed by atoms with Gasteiger partial charge in [-0.2, -0.15) is 0 Å². The number of hydrogen-bond donors (Lipinski definition) is 1. The lowest BCUT2D eigenvalue weighted by Crippen LogP contribution is -2.41. The Morgan fingerprint density at radius 3 is 2.17 bits per heavy atom. The third-order valence-corrected chi connectivity index (χ3v) is 5.74. The van der Waals surface area contributed by atoms with E-state index in [9.17, 15) is 9.59 Å². The maximum absolute atomic E-state index is 12.7. The average molecular weight is 425 g/mol. The van der Waals surface area contributed by atoms with E-state index in [2.05, 4.69) is 17.2 Å². The van der Waals surface area contributed by atoms with Crippen molar-refractivity contribution < 1.29 is 9.59 Å². The SMILES string of the molecule is CCCCCCCCCCCC(=O)N(CCN(C)C)CC(=O)Nc1nc(C)cs1. The molecule has 1 heterocycles. The first-order valence-electron chi connectivity index (χ1n) is 11.1. The van der Waals surface area contributed by atoms with E-state index in [0.717, 1.165) is 25.1 Å². The average Bonchev–Trinajstić information content (AvgIpc) is 3.07. The lowest BCUT2D eigenvalue weighted by molar-refractivity contribution is -0.135. The van der Waals surface area contributed by atoms with E-state index in [4.69, 9.17) is 0 Å². The number of anilines is 1. The fraction of sp³-hybridized carbons (Fsp3) is 0.773. The van der Waals surface area contributed by atoms with Crippen molar-refractivity contribution in [1.82, 2.24) is 14.8 Å². The minimum Gasteiger partial charge on any atom is -0.332 e. The molecule has 1 aromatic heterocycles. The van der Waals surface area contributed by atoms with Crippen molar-refractivity contribution in [2.45, 2.75) is 78.1 Å². The van der Waals surface area contributed by atoms with Crippen LogP contribution in [0.1, 0.15) is 76.8 Å². The van der Waals surface area contributed by atoms with Gasteiger partial charge in [0, 0.05) is 24.9 Å². The molecule has 1 aromatic rings. The summed E-state index contributed by atoms with van der Waals surface area (Å²) in [5.74, 6) is -0.112. The van der Waals surface area contributed by atoms with Crippen LogP contribution in [0.5, 0.6) is 0 Å². The van der Waals surface area contributed by atoms with Gasteiger partial charge in [0.25, 0.3) is 0 Å². The van der Waals surface area contributed by atoms with Crippen LogP contribution in [0.4, 0.5) is 5.13 Å². The molecule has 29 heavy (non-hydrogen) atoms. The molecular weight excluding hydrogens is 384 g/mol. The van der Waals surface area contributed by atoms with Gasteiger partial charge in [0.15, 0.2) is 5.13 Å². The number of rotatable bonds is 16. The number of likely N-dealkylation sites (N-methyl/N-ethyl adjacent to an activating group) is 1. The first-order chi connectivity index (χ1) is 13.9. The first-order valence-corrected chi connectivity index (χ1v) is 11.9. The van der Waals surface area contributed by atoms with E-state index in [-0.39, 0.29) is 18.4 Å². The van der Waals surface area contributed by atoms with Crippen molar-refractivity contribution in [1.29, 1.82) is 0 Å². The number of carbonyl (C=O) groups excluding carboxylic acids is 2. The number of thiazole rings is 1. The maximum Gasteiger partial charge on any atom is 0.245 e. The molecule has 1 rings (SSSR count). The Hall–Kier alpha value is -1.47. The number of hydrogen-bond acceptors (Lipinski definition) is 5. The zero-order chi connectivity index (χ0) is 21.5.